The molecule has 14 heteroatoms. The van der Waals surface area contributed by atoms with Crippen molar-refractivity contribution in [2.45, 2.75) is 274 Å². The van der Waals surface area contributed by atoms with Crippen molar-refractivity contribution in [1.29, 1.82) is 0 Å². The standard InChI is InChI=1S/C51H96NO12P/c1-3-5-7-9-11-13-15-17-19-20-21-22-23-24-25-26-28-30-32-34-36-38-42(53)40-45(55)52-43(41-63-65(61,62)64-51-49(59)47(57)46(56)48(58)50(51)60)44(54)39-37-35-33-31-29-27-18-16-14-12-10-8-6-4-2/h24-25,29,31,37,39,42-44,46-51,53-54,56-60H,3-23,26-28,30,32-36,38,40-41H2,1-2H3,(H,52,55)(H,61,62)/b25-24-,31-29+,39-37+. The summed E-state index contributed by atoms with van der Waals surface area (Å²) >= 11 is 0. The maximum atomic E-state index is 13.0. The van der Waals surface area contributed by atoms with Gasteiger partial charge in [-0.05, 0) is 57.8 Å². The molecular formula is C51H96NO12P. The summed E-state index contributed by atoms with van der Waals surface area (Å²) in [4.78, 5) is 23.5. The van der Waals surface area contributed by atoms with E-state index in [0.717, 1.165) is 64.2 Å². The number of nitrogens with one attached hydrogen (secondary N) is 1. The molecule has 0 aromatic carbocycles. The van der Waals surface area contributed by atoms with Crippen molar-refractivity contribution in [1.82, 2.24) is 5.32 Å². The van der Waals surface area contributed by atoms with E-state index in [4.69, 9.17) is 9.05 Å². The van der Waals surface area contributed by atoms with E-state index in [2.05, 4.69) is 43.5 Å². The zero-order valence-electron chi connectivity index (χ0n) is 40.7. The summed E-state index contributed by atoms with van der Waals surface area (Å²) in [6.07, 6.45) is 33.8. The first-order valence-electron chi connectivity index (χ1n) is 26.0. The lowest BCUT2D eigenvalue weighted by atomic mass is 9.85. The number of allylic oxidation sites excluding steroid dienone is 5. The number of phosphoric ester groups is 1. The van der Waals surface area contributed by atoms with Gasteiger partial charge in [0.15, 0.2) is 0 Å². The Morgan fingerprint density at radius 3 is 1.35 bits per heavy atom. The zero-order valence-corrected chi connectivity index (χ0v) is 41.5. The average molecular weight is 946 g/mol. The highest BCUT2D eigenvalue weighted by atomic mass is 31.2. The number of aliphatic hydroxyl groups is 7. The minimum absolute atomic E-state index is 0.258. The molecule has 0 aromatic heterocycles. The normalized spacial score (nSPS) is 22.8. The number of hydrogen-bond acceptors (Lipinski definition) is 11. The fourth-order valence-corrected chi connectivity index (χ4v) is 9.16. The van der Waals surface area contributed by atoms with Gasteiger partial charge in [-0.3, -0.25) is 13.8 Å². The van der Waals surface area contributed by atoms with E-state index in [9.17, 15) is 50.0 Å². The molecule has 1 rings (SSSR count). The second kappa shape index (κ2) is 40.4. The summed E-state index contributed by atoms with van der Waals surface area (Å²) in [6, 6.07) is -1.26. The molecule has 65 heavy (non-hydrogen) atoms. The van der Waals surface area contributed by atoms with Crippen molar-refractivity contribution in [2.75, 3.05) is 6.61 Å². The molecule has 8 atom stereocenters. The molecule has 0 heterocycles. The first kappa shape index (κ1) is 61.5. The van der Waals surface area contributed by atoms with E-state index in [-0.39, 0.29) is 6.42 Å². The summed E-state index contributed by atoms with van der Waals surface area (Å²) in [5.74, 6) is -0.607. The van der Waals surface area contributed by atoms with Gasteiger partial charge < -0.3 is 46.0 Å². The van der Waals surface area contributed by atoms with Crippen molar-refractivity contribution >= 4 is 13.7 Å². The molecular weight excluding hydrogens is 850 g/mol. The molecule has 382 valence electrons. The fourth-order valence-electron chi connectivity index (χ4n) is 8.19. The molecule has 0 bridgehead atoms. The lowest BCUT2D eigenvalue weighted by Gasteiger charge is -2.41. The number of carbonyl (C=O) groups is 1. The molecule has 13 nitrogen and oxygen atoms in total. The summed E-state index contributed by atoms with van der Waals surface area (Å²) in [5, 5.41) is 74.6. The maximum Gasteiger partial charge on any atom is 0.472 e. The molecule has 0 spiro atoms. The van der Waals surface area contributed by atoms with Crippen molar-refractivity contribution in [3.05, 3.63) is 36.5 Å². The first-order valence-corrected chi connectivity index (χ1v) is 27.5. The van der Waals surface area contributed by atoms with Gasteiger partial charge in [0.05, 0.1) is 31.3 Å². The number of rotatable bonds is 43. The second-order valence-corrected chi connectivity index (χ2v) is 20.0. The predicted molar refractivity (Wildman–Crippen MR) is 261 cm³/mol. The van der Waals surface area contributed by atoms with Gasteiger partial charge in [0.2, 0.25) is 5.91 Å². The van der Waals surface area contributed by atoms with E-state index >= 15 is 0 Å². The third kappa shape index (κ3) is 32.1. The van der Waals surface area contributed by atoms with Crippen molar-refractivity contribution < 1.29 is 59.0 Å². The molecule has 0 aliphatic heterocycles. The van der Waals surface area contributed by atoms with Crippen LogP contribution in [-0.4, -0.2) is 108 Å². The Bertz CT molecular complexity index is 1250. The first-order chi connectivity index (χ1) is 31.3. The molecule has 1 fully saturated rings. The molecule has 8 unspecified atom stereocenters. The van der Waals surface area contributed by atoms with Crippen molar-refractivity contribution in [3.63, 3.8) is 0 Å². The summed E-state index contributed by atoms with van der Waals surface area (Å²) in [7, 11) is -5.15. The van der Waals surface area contributed by atoms with Gasteiger partial charge in [-0.1, -0.05) is 192 Å². The Hall–Kier alpha value is -1.48. The maximum absolute atomic E-state index is 13.0. The van der Waals surface area contributed by atoms with Gasteiger partial charge in [0, 0.05) is 0 Å². The van der Waals surface area contributed by atoms with Gasteiger partial charge in [0.1, 0.15) is 36.6 Å². The lowest BCUT2D eigenvalue weighted by molar-refractivity contribution is -0.220. The highest BCUT2D eigenvalue weighted by Gasteiger charge is 2.51. The summed E-state index contributed by atoms with van der Waals surface area (Å²) in [6.45, 7) is 3.74. The predicted octanol–water partition coefficient (Wildman–Crippen LogP) is 9.70. The Balaban J connectivity index is 2.47. The minimum Gasteiger partial charge on any atom is -0.393 e. The Morgan fingerprint density at radius 2 is 0.908 bits per heavy atom. The lowest BCUT2D eigenvalue weighted by Crippen LogP contribution is -2.64. The summed E-state index contributed by atoms with van der Waals surface area (Å²) < 4.78 is 22.9. The monoisotopic (exact) mass is 946 g/mol. The molecule has 0 aromatic rings. The van der Waals surface area contributed by atoms with Gasteiger partial charge in [-0.25, -0.2) is 4.57 Å². The zero-order chi connectivity index (χ0) is 48.0. The van der Waals surface area contributed by atoms with Crippen LogP contribution in [0.2, 0.25) is 0 Å². The van der Waals surface area contributed by atoms with Crippen LogP contribution in [0.15, 0.2) is 36.5 Å². The van der Waals surface area contributed by atoms with Crippen molar-refractivity contribution in [2.24, 2.45) is 0 Å². The largest absolute Gasteiger partial charge is 0.472 e. The Labute approximate surface area is 394 Å². The number of hydrogen-bond donors (Lipinski definition) is 9. The van der Waals surface area contributed by atoms with Gasteiger partial charge in [-0.15, -0.1) is 0 Å². The van der Waals surface area contributed by atoms with Crippen LogP contribution in [0.25, 0.3) is 0 Å². The number of amides is 1. The van der Waals surface area contributed by atoms with E-state index in [1.165, 1.54) is 128 Å². The quantitative estimate of drug-likeness (QED) is 0.0158. The molecule has 1 aliphatic carbocycles. The van der Waals surface area contributed by atoms with Crippen LogP contribution in [0, 0.1) is 0 Å². The van der Waals surface area contributed by atoms with E-state index in [1.807, 2.05) is 0 Å². The highest BCUT2D eigenvalue weighted by molar-refractivity contribution is 7.47. The van der Waals surface area contributed by atoms with Crippen LogP contribution in [0.4, 0.5) is 0 Å². The van der Waals surface area contributed by atoms with E-state index < -0.39 is 75.2 Å². The number of aliphatic hydroxyl groups excluding tert-OH is 7. The SMILES string of the molecule is CCCCCCCCCC/C=C/CC/C=C/C(O)C(COP(=O)(O)OC1C(O)C(O)C(O)C(O)C1O)NC(=O)CC(O)CCCCCCC/C=C\CCCCCCCCCCCCCC. The average Bonchev–Trinajstić information content (AvgIpc) is 3.28. The third-order valence-electron chi connectivity index (χ3n) is 12.4. The van der Waals surface area contributed by atoms with Gasteiger partial charge in [0.25, 0.3) is 0 Å². The number of phosphoric acid groups is 1. The van der Waals surface area contributed by atoms with E-state index in [0.29, 0.717) is 12.8 Å². The summed E-state index contributed by atoms with van der Waals surface area (Å²) in [5.41, 5.74) is 0. The minimum atomic E-state index is -5.15. The van der Waals surface area contributed by atoms with Gasteiger partial charge in [-0.2, -0.15) is 0 Å². The smallest absolute Gasteiger partial charge is 0.393 e. The van der Waals surface area contributed by atoms with Crippen LogP contribution in [0.3, 0.4) is 0 Å². The number of unbranched alkanes of at least 4 members (excludes halogenated alkanes) is 26. The molecule has 1 amide bonds. The molecule has 1 aliphatic rings. The molecule has 0 saturated heterocycles. The van der Waals surface area contributed by atoms with Gasteiger partial charge >= 0.3 is 7.82 Å². The fraction of sp³-hybridized carbons (Fsp3) is 0.863. The topological polar surface area (TPSA) is 226 Å². The van der Waals surface area contributed by atoms with Crippen LogP contribution >= 0.6 is 7.82 Å². The second-order valence-electron chi connectivity index (χ2n) is 18.5. The van der Waals surface area contributed by atoms with Crippen LogP contribution < -0.4 is 5.32 Å². The van der Waals surface area contributed by atoms with Crippen LogP contribution in [0.5, 0.6) is 0 Å². The molecule has 9 N–H and O–H groups in total. The molecule has 1 saturated carbocycles. The third-order valence-corrected chi connectivity index (χ3v) is 13.4. The van der Waals surface area contributed by atoms with Crippen LogP contribution in [-0.2, 0) is 18.4 Å². The van der Waals surface area contributed by atoms with E-state index in [1.54, 1.807) is 6.08 Å². The Kier molecular flexibility index (Phi) is 38.3. The Morgan fingerprint density at radius 1 is 0.538 bits per heavy atom. The molecule has 0 radical (unpaired) electrons. The van der Waals surface area contributed by atoms with Crippen LogP contribution in [0.1, 0.15) is 219 Å². The van der Waals surface area contributed by atoms with Crippen molar-refractivity contribution in [3.8, 4) is 0 Å². The number of carbonyl (C=O) groups excluding carboxylic acids is 1. The highest BCUT2D eigenvalue weighted by Crippen LogP contribution is 2.47.